The first-order valence-electron chi connectivity index (χ1n) is 11.3. The van der Waals surface area contributed by atoms with Gasteiger partial charge in [-0.1, -0.05) is 6.42 Å². The molecule has 0 saturated carbocycles. The summed E-state index contributed by atoms with van der Waals surface area (Å²) in [5, 5.41) is 20.6. The highest BCUT2D eigenvalue weighted by Crippen LogP contribution is 2.42. The van der Waals surface area contributed by atoms with Crippen LogP contribution in [0.1, 0.15) is 36.2 Å². The number of nitrogens with one attached hydrogen (secondary N) is 2. The third-order valence-corrected chi connectivity index (χ3v) is 6.44. The normalized spacial score (nSPS) is 13.5. The minimum absolute atomic E-state index is 0.199. The first-order valence-corrected chi connectivity index (χ1v) is 11.3. The minimum Gasteiger partial charge on any atom is -0.497 e. The molecule has 0 fully saturated rings. The Kier molecular flexibility index (Phi) is 5.52. The predicted molar refractivity (Wildman–Crippen MR) is 132 cm³/mol. The van der Waals surface area contributed by atoms with Gasteiger partial charge in [0, 0.05) is 11.8 Å². The van der Waals surface area contributed by atoms with E-state index < -0.39 is 0 Å². The predicted octanol–water partition coefficient (Wildman–Crippen LogP) is 2.79. The van der Waals surface area contributed by atoms with E-state index in [0.717, 1.165) is 18.5 Å². The van der Waals surface area contributed by atoms with Crippen LogP contribution in [0.15, 0.2) is 18.2 Å². The van der Waals surface area contributed by atoms with Crippen molar-refractivity contribution in [1.29, 1.82) is 0 Å². The summed E-state index contributed by atoms with van der Waals surface area (Å²) in [5.41, 5.74) is 23.5. The Morgan fingerprint density at radius 2 is 1.79 bits per heavy atom. The summed E-state index contributed by atoms with van der Waals surface area (Å²) in [7, 11) is 3.17. The number of nitrogens with zero attached hydrogens (tertiary/aromatic N) is 4. The summed E-state index contributed by atoms with van der Waals surface area (Å²) >= 11 is 0. The summed E-state index contributed by atoms with van der Waals surface area (Å²) in [6.07, 6.45) is 5.64. The SMILES string of the molecule is COc1ccc(-n2c(N)c3c(N)nnc(NCc4n[nH]c5c4CCCCC5)c3c2N)c(OC)c1. The molecule has 1 aliphatic carbocycles. The first kappa shape index (κ1) is 21.7. The average molecular weight is 464 g/mol. The summed E-state index contributed by atoms with van der Waals surface area (Å²) in [6.45, 7) is 0.482. The van der Waals surface area contributed by atoms with E-state index in [9.17, 15) is 0 Å². The number of aromatic nitrogens is 5. The van der Waals surface area contributed by atoms with E-state index in [1.807, 2.05) is 12.1 Å². The Hall–Kier alpha value is -4.15. The molecule has 3 aromatic heterocycles. The van der Waals surface area contributed by atoms with Crippen molar-refractivity contribution in [2.45, 2.75) is 38.6 Å². The highest BCUT2D eigenvalue weighted by atomic mass is 16.5. The molecule has 11 nitrogen and oxygen atoms in total. The zero-order valence-corrected chi connectivity index (χ0v) is 19.3. The number of nitrogens with two attached hydrogens (primary N) is 3. The lowest BCUT2D eigenvalue weighted by Gasteiger charge is -2.14. The molecule has 0 aliphatic heterocycles. The van der Waals surface area contributed by atoms with Gasteiger partial charge >= 0.3 is 0 Å². The maximum Gasteiger partial charge on any atom is 0.160 e. The lowest BCUT2D eigenvalue weighted by molar-refractivity contribution is 0.393. The minimum atomic E-state index is 0.199. The molecule has 178 valence electrons. The number of ether oxygens (including phenoxy) is 2. The van der Waals surface area contributed by atoms with Crippen LogP contribution < -0.4 is 32.0 Å². The number of nitrogen functional groups attached to an aromatic ring is 3. The van der Waals surface area contributed by atoms with Crippen LogP contribution >= 0.6 is 0 Å². The number of hydrogen-bond donors (Lipinski definition) is 5. The number of hydrogen-bond acceptors (Lipinski definition) is 9. The highest BCUT2D eigenvalue weighted by Gasteiger charge is 2.24. The lowest BCUT2D eigenvalue weighted by Crippen LogP contribution is -2.07. The van der Waals surface area contributed by atoms with Crippen LogP contribution in [-0.2, 0) is 19.4 Å². The number of rotatable bonds is 6. The Morgan fingerprint density at radius 3 is 2.59 bits per heavy atom. The molecule has 1 aliphatic rings. The summed E-state index contributed by atoms with van der Waals surface area (Å²) < 4.78 is 12.6. The van der Waals surface area contributed by atoms with Gasteiger partial charge in [-0.05, 0) is 43.4 Å². The third kappa shape index (κ3) is 3.49. The van der Waals surface area contributed by atoms with Crippen molar-refractivity contribution < 1.29 is 9.47 Å². The molecule has 1 aromatic carbocycles. The van der Waals surface area contributed by atoms with E-state index in [4.69, 9.17) is 26.7 Å². The lowest BCUT2D eigenvalue weighted by atomic mass is 10.1. The van der Waals surface area contributed by atoms with Gasteiger partial charge in [0.1, 0.15) is 23.1 Å². The first-order chi connectivity index (χ1) is 16.5. The number of anilines is 4. The average Bonchev–Trinajstić information content (AvgIpc) is 3.24. The van der Waals surface area contributed by atoms with Crippen LogP contribution in [0.4, 0.5) is 23.3 Å². The number of aromatic amines is 1. The van der Waals surface area contributed by atoms with Crippen LogP contribution in [-0.4, -0.2) is 39.2 Å². The zero-order valence-electron chi connectivity index (χ0n) is 19.3. The van der Waals surface area contributed by atoms with Crippen molar-refractivity contribution in [3.8, 4) is 17.2 Å². The van der Waals surface area contributed by atoms with E-state index in [-0.39, 0.29) is 5.82 Å². The fourth-order valence-corrected chi connectivity index (χ4v) is 4.71. The van der Waals surface area contributed by atoms with Gasteiger partial charge in [-0.3, -0.25) is 9.67 Å². The molecule has 0 atom stereocenters. The second-order valence-corrected chi connectivity index (χ2v) is 8.37. The van der Waals surface area contributed by atoms with Crippen molar-refractivity contribution in [2.75, 3.05) is 36.7 Å². The molecule has 0 radical (unpaired) electrons. The fraction of sp³-hybridized carbons (Fsp3) is 0.348. The standard InChI is InChI=1S/C23H29N9O2/c1-33-12-8-9-16(17(10-12)34-2)32-21(25)18-19(22(32)26)23(31-30-20(18)24)27-11-15-13-6-4-3-5-7-14(13)28-29-15/h8-10H,3-7,11,25-26H2,1-2H3,(H2,24,30)(H,27,31)(H,28,29). The van der Waals surface area contributed by atoms with Crippen molar-refractivity contribution in [1.82, 2.24) is 25.0 Å². The molecule has 0 saturated heterocycles. The Balaban J connectivity index is 1.57. The topological polar surface area (TPSA) is 168 Å². The smallest absolute Gasteiger partial charge is 0.160 e. The fourth-order valence-electron chi connectivity index (χ4n) is 4.71. The molecule has 34 heavy (non-hydrogen) atoms. The van der Waals surface area contributed by atoms with E-state index in [2.05, 4.69) is 25.7 Å². The van der Waals surface area contributed by atoms with E-state index in [0.29, 0.717) is 52.0 Å². The Morgan fingerprint density at radius 1 is 1.00 bits per heavy atom. The largest absolute Gasteiger partial charge is 0.497 e. The van der Waals surface area contributed by atoms with Crippen molar-refractivity contribution >= 4 is 34.0 Å². The number of fused-ring (bicyclic) bond motifs is 2. The quantitative estimate of drug-likeness (QED) is 0.270. The van der Waals surface area contributed by atoms with E-state index in [1.165, 1.54) is 30.5 Å². The summed E-state index contributed by atoms with van der Waals surface area (Å²) in [5.74, 6) is 2.61. The van der Waals surface area contributed by atoms with Crippen molar-refractivity contribution in [2.24, 2.45) is 0 Å². The molecule has 0 amide bonds. The molecule has 5 rings (SSSR count). The monoisotopic (exact) mass is 463 g/mol. The summed E-state index contributed by atoms with van der Waals surface area (Å²) in [4.78, 5) is 0. The molecule has 11 heteroatoms. The van der Waals surface area contributed by atoms with Gasteiger partial charge in [0.05, 0.1) is 42.9 Å². The van der Waals surface area contributed by atoms with Gasteiger partial charge < -0.3 is 32.0 Å². The number of benzene rings is 1. The maximum atomic E-state index is 6.63. The van der Waals surface area contributed by atoms with Crippen LogP contribution in [0.3, 0.4) is 0 Å². The van der Waals surface area contributed by atoms with Gasteiger partial charge in [-0.15, -0.1) is 10.2 Å². The van der Waals surface area contributed by atoms with Crippen molar-refractivity contribution in [3.05, 3.63) is 35.2 Å². The van der Waals surface area contributed by atoms with Gasteiger partial charge in [-0.25, -0.2) is 0 Å². The number of methoxy groups -OCH3 is 2. The zero-order chi connectivity index (χ0) is 23.8. The molecule has 0 bridgehead atoms. The van der Waals surface area contributed by atoms with Gasteiger partial charge in [-0.2, -0.15) is 5.10 Å². The molecule has 8 N–H and O–H groups in total. The van der Waals surface area contributed by atoms with Crippen LogP contribution in [0.5, 0.6) is 11.5 Å². The van der Waals surface area contributed by atoms with Gasteiger partial charge in [0.2, 0.25) is 0 Å². The molecule has 0 spiro atoms. The van der Waals surface area contributed by atoms with Crippen LogP contribution in [0.2, 0.25) is 0 Å². The van der Waals surface area contributed by atoms with Gasteiger partial charge in [0.25, 0.3) is 0 Å². The molecule has 0 unspecified atom stereocenters. The Bertz CT molecular complexity index is 1360. The third-order valence-electron chi connectivity index (χ3n) is 6.44. The number of H-pyrrole nitrogens is 1. The molecular weight excluding hydrogens is 434 g/mol. The van der Waals surface area contributed by atoms with Crippen LogP contribution in [0.25, 0.3) is 16.5 Å². The summed E-state index contributed by atoms with van der Waals surface area (Å²) in [6, 6.07) is 5.40. The molecule has 4 aromatic rings. The highest BCUT2D eigenvalue weighted by molar-refractivity contribution is 6.12. The van der Waals surface area contributed by atoms with E-state index >= 15 is 0 Å². The van der Waals surface area contributed by atoms with Crippen molar-refractivity contribution in [3.63, 3.8) is 0 Å². The number of aryl methyl sites for hydroxylation is 1. The second kappa shape index (κ2) is 8.65. The van der Waals surface area contributed by atoms with E-state index in [1.54, 1.807) is 24.9 Å². The van der Waals surface area contributed by atoms with Gasteiger partial charge in [0.15, 0.2) is 11.6 Å². The molecule has 3 heterocycles. The Labute approximate surface area is 196 Å². The van der Waals surface area contributed by atoms with Crippen LogP contribution in [0, 0.1) is 0 Å². The maximum absolute atomic E-state index is 6.63. The molecular formula is C23H29N9O2. The second-order valence-electron chi connectivity index (χ2n) is 8.37.